The van der Waals surface area contributed by atoms with Gasteiger partial charge in [-0.05, 0) is 12.1 Å². The summed E-state index contributed by atoms with van der Waals surface area (Å²) in [5.74, 6) is 0.163. The van der Waals surface area contributed by atoms with E-state index in [4.69, 9.17) is 10.2 Å². The molecule has 1 aromatic carbocycles. The molecular weight excluding hydrogens is 168 g/mol. The van der Waals surface area contributed by atoms with Crippen LogP contribution >= 0.6 is 0 Å². The Hall–Kier alpha value is -1.97. The molecule has 1 aromatic heterocycles. The normalized spacial score (nSPS) is 10.2. The number of nitrogens with two attached hydrogens (primary N) is 1. The van der Waals surface area contributed by atoms with Crippen molar-refractivity contribution in [2.75, 3.05) is 5.73 Å². The maximum Gasteiger partial charge on any atom is 0.292 e. The molecule has 0 aliphatic rings. The zero-order valence-electron chi connectivity index (χ0n) is 6.77. The number of phenols is 1. The molecule has 66 valence electrons. The number of phenolic OH excluding ortho intramolecular Hbond substituents is 1. The Balaban J connectivity index is 2.52. The minimum Gasteiger partial charge on any atom is -0.507 e. The molecule has 0 spiro atoms. The van der Waals surface area contributed by atoms with Gasteiger partial charge < -0.3 is 15.3 Å². The number of oxazole rings is 1. The first-order valence-corrected chi connectivity index (χ1v) is 3.77. The molecule has 0 atom stereocenters. The molecule has 4 nitrogen and oxygen atoms in total. The number of hydrogen-bond acceptors (Lipinski definition) is 4. The standard InChI is InChI=1S/C9H8N2O2/c10-9-11-7(5-13-9)6-3-1-2-4-8(6)12/h1-5,12H,(H2,10,11). The van der Waals surface area contributed by atoms with Crippen LogP contribution in [0.2, 0.25) is 0 Å². The minimum atomic E-state index is 0.0956. The second-order valence-electron chi connectivity index (χ2n) is 2.59. The van der Waals surface area contributed by atoms with Crippen LogP contribution in [0.3, 0.4) is 0 Å². The highest BCUT2D eigenvalue weighted by Crippen LogP contribution is 2.27. The van der Waals surface area contributed by atoms with Crippen molar-refractivity contribution in [3.63, 3.8) is 0 Å². The van der Waals surface area contributed by atoms with Crippen LogP contribution in [0.4, 0.5) is 6.01 Å². The van der Waals surface area contributed by atoms with Crippen molar-refractivity contribution >= 4 is 6.01 Å². The molecule has 2 aromatic rings. The van der Waals surface area contributed by atoms with Crippen LogP contribution < -0.4 is 5.73 Å². The van der Waals surface area contributed by atoms with Crippen LogP contribution in [0.15, 0.2) is 34.9 Å². The van der Waals surface area contributed by atoms with Gasteiger partial charge in [-0.1, -0.05) is 12.1 Å². The molecule has 4 heteroatoms. The van der Waals surface area contributed by atoms with Gasteiger partial charge in [0.1, 0.15) is 17.7 Å². The van der Waals surface area contributed by atoms with Gasteiger partial charge in [0, 0.05) is 5.56 Å². The molecule has 13 heavy (non-hydrogen) atoms. The summed E-state index contributed by atoms with van der Waals surface area (Å²) in [7, 11) is 0. The topological polar surface area (TPSA) is 72.3 Å². The van der Waals surface area contributed by atoms with Gasteiger partial charge in [-0.25, -0.2) is 0 Å². The van der Waals surface area contributed by atoms with E-state index in [1.165, 1.54) is 6.26 Å². The quantitative estimate of drug-likeness (QED) is 0.692. The van der Waals surface area contributed by atoms with Gasteiger partial charge >= 0.3 is 0 Å². The SMILES string of the molecule is Nc1nc(-c2ccccc2O)co1. The zero-order chi connectivity index (χ0) is 9.26. The van der Waals surface area contributed by atoms with Crippen LogP contribution in [-0.4, -0.2) is 10.1 Å². The summed E-state index contributed by atoms with van der Waals surface area (Å²) >= 11 is 0. The van der Waals surface area contributed by atoms with Crippen LogP contribution in [0.25, 0.3) is 11.3 Å². The lowest BCUT2D eigenvalue weighted by Gasteiger charge is -1.97. The van der Waals surface area contributed by atoms with Crippen molar-refractivity contribution in [3.8, 4) is 17.0 Å². The van der Waals surface area contributed by atoms with E-state index < -0.39 is 0 Å². The zero-order valence-corrected chi connectivity index (χ0v) is 6.77. The maximum absolute atomic E-state index is 9.45. The van der Waals surface area contributed by atoms with Gasteiger partial charge in [-0.15, -0.1) is 0 Å². The molecular formula is C9H8N2O2. The summed E-state index contributed by atoms with van der Waals surface area (Å²) in [4.78, 5) is 3.89. The highest BCUT2D eigenvalue weighted by molar-refractivity contribution is 5.66. The molecule has 0 fully saturated rings. The van der Waals surface area contributed by atoms with Crippen molar-refractivity contribution in [1.82, 2.24) is 4.98 Å². The lowest BCUT2D eigenvalue weighted by molar-refractivity contribution is 0.477. The predicted molar refractivity (Wildman–Crippen MR) is 48.0 cm³/mol. The minimum absolute atomic E-state index is 0.0956. The number of aromatic nitrogens is 1. The Bertz CT molecular complexity index is 423. The van der Waals surface area contributed by atoms with Crippen molar-refractivity contribution in [3.05, 3.63) is 30.5 Å². The fourth-order valence-corrected chi connectivity index (χ4v) is 1.10. The Morgan fingerprint density at radius 2 is 2.08 bits per heavy atom. The third-order valence-electron chi connectivity index (χ3n) is 1.70. The van der Waals surface area contributed by atoms with E-state index in [0.29, 0.717) is 11.3 Å². The third kappa shape index (κ3) is 1.33. The van der Waals surface area contributed by atoms with E-state index in [0.717, 1.165) is 0 Å². The molecule has 0 amide bonds. The molecule has 0 saturated heterocycles. The van der Waals surface area contributed by atoms with Gasteiger partial charge in [0.2, 0.25) is 0 Å². The summed E-state index contributed by atoms with van der Waals surface area (Å²) in [6.07, 6.45) is 1.41. The molecule has 0 aliphatic carbocycles. The number of nitrogens with zero attached hydrogens (tertiary/aromatic N) is 1. The largest absolute Gasteiger partial charge is 0.507 e. The lowest BCUT2D eigenvalue weighted by Crippen LogP contribution is -1.83. The lowest BCUT2D eigenvalue weighted by atomic mass is 10.1. The second-order valence-corrected chi connectivity index (χ2v) is 2.59. The summed E-state index contributed by atoms with van der Waals surface area (Å²) in [5.41, 5.74) is 6.46. The van der Waals surface area contributed by atoms with E-state index in [1.807, 2.05) is 0 Å². The van der Waals surface area contributed by atoms with Crippen LogP contribution in [0.5, 0.6) is 5.75 Å². The van der Waals surface area contributed by atoms with Gasteiger partial charge in [0.05, 0.1) is 0 Å². The number of anilines is 1. The summed E-state index contributed by atoms with van der Waals surface area (Å²) in [6.45, 7) is 0. The van der Waals surface area contributed by atoms with Crippen molar-refractivity contribution in [1.29, 1.82) is 0 Å². The van der Waals surface area contributed by atoms with Crippen molar-refractivity contribution in [2.45, 2.75) is 0 Å². The number of para-hydroxylation sites is 1. The smallest absolute Gasteiger partial charge is 0.292 e. The van der Waals surface area contributed by atoms with Gasteiger partial charge in [-0.3, -0.25) is 0 Å². The Morgan fingerprint density at radius 1 is 1.31 bits per heavy atom. The van der Waals surface area contributed by atoms with Crippen molar-refractivity contribution in [2.24, 2.45) is 0 Å². The Morgan fingerprint density at radius 3 is 2.69 bits per heavy atom. The average Bonchev–Trinajstić information content (AvgIpc) is 2.53. The monoisotopic (exact) mass is 176 g/mol. The first kappa shape index (κ1) is 7.67. The highest BCUT2D eigenvalue weighted by atomic mass is 16.4. The molecule has 0 aliphatic heterocycles. The molecule has 0 bridgehead atoms. The van der Waals surface area contributed by atoms with Gasteiger partial charge in [0.15, 0.2) is 0 Å². The van der Waals surface area contributed by atoms with Gasteiger partial charge in [0.25, 0.3) is 6.01 Å². The number of benzene rings is 1. The summed E-state index contributed by atoms with van der Waals surface area (Å²) in [5, 5.41) is 9.45. The number of aromatic hydroxyl groups is 1. The first-order chi connectivity index (χ1) is 6.27. The number of nitrogen functional groups attached to an aromatic ring is 1. The number of rotatable bonds is 1. The fraction of sp³-hybridized carbons (Fsp3) is 0. The predicted octanol–water partition coefficient (Wildman–Crippen LogP) is 1.63. The maximum atomic E-state index is 9.45. The molecule has 2 rings (SSSR count). The second kappa shape index (κ2) is 2.82. The summed E-state index contributed by atoms with van der Waals surface area (Å²) < 4.78 is 4.83. The van der Waals surface area contributed by atoms with Crippen LogP contribution in [-0.2, 0) is 0 Å². The van der Waals surface area contributed by atoms with E-state index in [2.05, 4.69) is 4.98 Å². The fourth-order valence-electron chi connectivity index (χ4n) is 1.10. The van der Waals surface area contributed by atoms with Crippen molar-refractivity contribution < 1.29 is 9.52 Å². The highest BCUT2D eigenvalue weighted by Gasteiger charge is 2.06. The number of hydrogen-bond donors (Lipinski definition) is 2. The van der Waals surface area contributed by atoms with E-state index in [9.17, 15) is 5.11 Å². The molecule has 1 heterocycles. The molecule has 3 N–H and O–H groups in total. The Kier molecular flexibility index (Phi) is 1.66. The Labute approximate surface area is 74.6 Å². The van der Waals surface area contributed by atoms with Gasteiger partial charge in [-0.2, -0.15) is 4.98 Å². The molecule has 0 radical (unpaired) electrons. The summed E-state index contributed by atoms with van der Waals surface area (Å²) in [6, 6.07) is 6.97. The first-order valence-electron chi connectivity index (χ1n) is 3.77. The molecule has 0 unspecified atom stereocenters. The van der Waals surface area contributed by atoms with Crippen LogP contribution in [0, 0.1) is 0 Å². The average molecular weight is 176 g/mol. The molecule has 0 saturated carbocycles. The van der Waals surface area contributed by atoms with E-state index in [1.54, 1.807) is 24.3 Å². The van der Waals surface area contributed by atoms with E-state index in [-0.39, 0.29) is 11.8 Å². The van der Waals surface area contributed by atoms with E-state index >= 15 is 0 Å². The van der Waals surface area contributed by atoms with Crippen LogP contribution in [0.1, 0.15) is 0 Å². The third-order valence-corrected chi connectivity index (χ3v) is 1.70.